The molecule has 2 rings (SSSR count). The van der Waals surface area contributed by atoms with Crippen molar-refractivity contribution in [3.05, 3.63) is 45.5 Å². The third kappa shape index (κ3) is 3.57. The first-order valence-corrected chi connectivity index (χ1v) is 7.91. The maximum absolute atomic E-state index is 12.2. The number of carboxylic acid groups (broad SMARTS) is 1. The van der Waals surface area contributed by atoms with Gasteiger partial charge in [0.05, 0.1) is 4.92 Å². The minimum absolute atomic E-state index is 0.0338. The van der Waals surface area contributed by atoms with Crippen LogP contribution in [0, 0.1) is 10.1 Å². The fourth-order valence-corrected chi connectivity index (χ4v) is 2.65. The van der Waals surface area contributed by atoms with E-state index in [1.165, 1.54) is 35.8 Å². The van der Waals surface area contributed by atoms with Crippen LogP contribution in [0.1, 0.15) is 30.8 Å². The van der Waals surface area contributed by atoms with Gasteiger partial charge in [0, 0.05) is 23.1 Å². The second-order valence-electron chi connectivity index (χ2n) is 5.29. The molecule has 1 aromatic carbocycles. The molecule has 2 N–H and O–H groups in total. The zero-order valence-electron chi connectivity index (χ0n) is 13.0. The van der Waals surface area contributed by atoms with Crippen molar-refractivity contribution in [2.45, 2.75) is 25.8 Å². The van der Waals surface area contributed by atoms with Crippen molar-refractivity contribution in [3.8, 4) is 10.6 Å². The number of nitrogens with zero attached hydrogens (tertiary/aromatic N) is 2. The molecule has 0 saturated heterocycles. The highest BCUT2D eigenvalue weighted by molar-refractivity contribution is 7.13. The number of carbonyl (C=O) groups excluding carboxylic acids is 1. The minimum Gasteiger partial charge on any atom is -0.480 e. The average Bonchev–Trinajstić information content (AvgIpc) is 3.04. The summed E-state index contributed by atoms with van der Waals surface area (Å²) in [4.78, 5) is 37.8. The Labute approximate surface area is 141 Å². The van der Waals surface area contributed by atoms with Crippen LogP contribution < -0.4 is 5.32 Å². The van der Waals surface area contributed by atoms with Crippen molar-refractivity contribution in [1.82, 2.24) is 10.3 Å². The van der Waals surface area contributed by atoms with E-state index < -0.39 is 22.3 Å². The topological polar surface area (TPSA) is 122 Å². The van der Waals surface area contributed by atoms with E-state index in [0.29, 0.717) is 10.6 Å². The number of benzene rings is 1. The number of nitrogens with one attached hydrogen (secondary N) is 1. The Kier molecular flexibility index (Phi) is 4.93. The van der Waals surface area contributed by atoms with E-state index in [-0.39, 0.29) is 17.8 Å². The number of aromatic nitrogens is 1. The van der Waals surface area contributed by atoms with Gasteiger partial charge >= 0.3 is 5.97 Å². The van der Waals surface area contributed by atoms with Crippen molar-refractivity contribution in [3.63, 3.8) is 0 Å². The Morgan fingerprint density at radius 1 is 1.38 bits per heavy atom. The van der Waals surface area contributed by atoms with Crippen molar-refractivity contribution < 1.29 is 19.6 Å². The predicted octanol–water partition coefficient (Wildman–Crippen LogP) is 2.70. The smallest absolute Gasteiger partial charge is 0.329 e. The lowest BCUT2D eigenvalue weighted by Crippen LogP contribution is -2.51. The van der Waals surface area contributed by atoms with E-state index in [1.54, 1.807) is 19.1 Å². The molecule has 0 fully saturated rings. The molecule has 24 heavy (non-hydrogen) atoms. The molecule has 9 heteroatoms. The molecule has 0 aliphatic carbocycles. The first kappa shape index (κ1) is 17.5. The Hall–Kier alpha value is -2.81. The summed E-state index contributed by atoms with van der Waals surface area (Å²) in [6.07, 6.45) is 0.230. The van der Waals surface area contributed by atoms with E-state index in [1.807, 2.05) is 0 Å². The van der Waals surface area contributed by atoms with Gasteiger partial charge in [0.15, 0.2) is 0 Å². The monoisotopic (exact) mass is 349 g/mol. The average molecular weight is 349 g/mol. The lowest BCUT2D eigenvalue weighted by Gasteiger charge is -2.23. The molecule has 0 spiro atoms. The SMILES string of the molecule is CCC(C)(NC(=O)c1csc(-c2ccc([N+](=O)[O-])cc2)n1)C(=O)O. The molecule has 0 radical (unpaired) electrons. The standard InChI is InChI=1S/C15H15N3O5S/c1-3-15(2,14(20)21)17-12(19)11-8-24-13(16-11)9-4-6-10(7-5-9)18(22)23/h4-8H,3H2,1-2H3,(H,17,19)(H,20,21). The van der Waals surface area contributed by atoms with Gasteiger partial charge in [0.1, 0.15) is 16.2 Å². The first-order valence-electron chi connectivity index (χ1n) is 7.03. The number of nitro benzene ring substituents is 1. The summed E-state index contributed by atoms with van der Waals surface area (Å²) in [5.41, 5.74) is -0.655. The minimum atomic E-state index is -1.37. The quantitative estimate of drug-likeness (QED) is 0.610. The maximum atomic E-state index is 12.2. The summed E-state index contributed by atoms with van der Waals surface area (Å²) in [7, 11) is 0. The van der Waals surface area contributed by atoms with Crippen molar-refractivity contribution in [1.29, 1.82) is 0 Å². The highest BCUT2D eigenvalue weighted by Gasteiger charge is 2.33. The van der Waals surface area contributed by atoms with Gasteiger partial charge in [-0.15, -0.1) is 11.3 Å². The van der Waals surface area contributed by atoms with Gasteiger partial charge in [-0.05, 0) is 25.5 Å². The number of thiazole rings is 1. The number of aliphatic carboxylic acids is 1. The van der Waals surface area contributed by atoms with Gasteiger partial charge in [-0.25, -0.2) is 9.78 Å². The van der Waals surface area contributed by atoms with Gasteiger partial charge in [0.25, 0.3) is 11.6 Å². The highest BCUT2D eigenvalue weighted by Crippen LogP contribution is 2.26. The molecular weight excluding hydrogens is 334 g/mol. The Morgan fingerprint density at radius 2 is 2.00 bits per heavy atom. The third-order valence-corrected chi connectivity index (χ3v) is 4.52. The number of nitro groups is 1. The van der Waals surface area contributed by atoms with Crippen LogP contribution >= 0.6 is 11.3 Å². The molecule has 0 aliphatic heterocycles. The summed E-state index contributed by atoms with van der Waals surface area (Å²) in [6, 6.07) is 5.81. The molecule has 0 bridgehead atoms. The molecule has 1 heterocycles. The lowest BCUT2D eigenvalue weighted by molar-refractivity contribution is -0.384. The molecule has 1 atom stereocenters. The molecule has 8 nitrogen and oxygen atoms in total. The van der Waals surface area contributed by atoms with Crippen LogP contribution in [0.4, 0.5) is 5.69 Å². The van der Waals surface area contributed by atoms with Crippen LogP contribution in [0.3, 0.4) is 0 Å². The molecule has 2 aromatic rings. The van der Waals surface area contributed by atoms with Crippen LogP contribution in [0.5, 0.6) is 0 Å². The van der Waals surface area contributed by atoms with Crippen LogP contribution in [-0.4, -0.2) is 32.4 Å². The number of carbonyl (C=O) groups is 2. The summed E-state index contributed by atoms with van der Waals surface area (Å²) in [5, 5.41) is 24.3. The number of hydrogen-bond donors (Lipinski definition) is 2. The van der Waals surface area contributed by atoms with Gasteiger partial charge in [-0.3, -0.25) is 14.9 Å². The van der Waals surface area contributed by atoms with E-state index in [0.717, 1.165) is 0 Å². The molecule has 1 aromatic heterocycles. The predicted molar refractivity (Wildman–Crippen MR) is 88.0 cm³/mol. The fourth-order valence-electron chi connectivity index (χ4n) is 1.84. The number of amides is 1. The fraction of sp³-hybridized carbons (Fsp3) is 0.267. The molecule has 0 aliphatic rings. The van der Waals surface area contributed by atoms with Crippen molar-refractivity contribution >= 4 is 28.9 Å². The van der Waals surface area contributed by atoms with E-state index >= 15 is 0 Å². The maximum Gasteiger partial charge on any atom is 0.329 e. The molecule has 126 valence electrons. The second kappa shape index (κ2) is 6.75. The van der Waals surface area contributed by atoms with Gasteiger partial charge in [-0.2, -0.15) is 0 Å². The largest absolute Gasteiger partial charge is 0.480 e. The normalized spacial score (nSPS) is 13.1. The van der Waals surface area contributed by atoms with Crippen molar-refractivity contribution in [2.24, 2.45) is 0 Å². The zero-order valence-corrected chi connectivity index (χ0v) is 13.8. The highest BCUT2D eigenvalue weighted by atomic mass is 32.1. The third-order valence-electron chi connectivity index (χ3n) is 3.63. The molecule has 1 unspecified atom stereocenters. The summed E-state index contributed by atoms with van der Waals surface area (Å²) < 4.78 is 0. The van der Waals surface area contributed by atoms with Crippen LogP contribution in [0.25, 0.3) is 10.6 Å². The zero-order chi connectivity index (χ0) is 17.9. The van der Waals surface area contributed by atoms with Crippen molar-refractivity contribution in [2.75, 3.05) is 0 Å². The Morgan fingerprint density at radius 3 is 2.50 bits per heavy atom. The van der Waals surface area contributed by atoms with E-state index in [9.17, 15) is 24.8 Å². The second-order valence-corrected chi connectivity index (χ2v) is 6.14. The van der Waals surface area contributed by atoms with Crippen LogP contribution in [0.15, 0.2) is 29.6 Å². The first-order chi connectivity index (χ1) is 11.3. The van der Waals surface area contributed by atoms with E-state index in [2.05, 4.69) is 10.3 Å². The molecule has 0 saturated carbocycles. The van der Waals surface area contributed by atoms with Gasteiger partial charge < -0.3 is 10.4 Å². The summed E-state index contributed by atoms with van der Waals surface area (Å²) >= 11 is 1.20. The Bertz CT molecular complexity index is 787. The number of non-ortho nitro benzene ring substituents is 1. The van der Waals surface area contributed by atoms with Crippen LogP contribution in [0.2, 0.25) is 0 Å². The number of hydrogen-bond acceptors (Lipinski definition) is 6. The molecule has 1 amide bonds. The van der Waals surface area contributed by atoms with Gasteiger partial charge in [-0.1, -0.05) is 6.92 Å². The summed E-state index contributed by atoms with van der Waals surface area (Å²) in [6.45, 7) is 3.09. The Balaban J connectivity index is 2.19. The van der Waals surface area contributed by atoms with E-state index in [4.69, 9.17) is 0 Å². The molecular formula is C15H15N3O5S. The number of carboxylic acids is 1. The number of rotatable bonds is 6. The summed E-state index contributed by atoms with van der Waals surface area (Å²) in [5.74, 6) is -1.70. The van der Waals surface area contributed by atoms with Crippen LogP contribution in [-0.2, 0) is 4.79 Å². The lowest BCUT2D eigenvalue weighted by atomic mass is 9.99. The van der Waals surface area contributed by atoms with Gasteiger partial charge in [0.2, 0.25) is 0 Å².